The molecule has 1 rings (SSSR count). The molecule has 0 saturated heterocycles. The van der Waals surface area contributed by atoms with Gasteiger partial charge in [0.2, 0.25) is 0 Å². The van der Waals surface area contributed by atoms with Crippen molar-refractivity contribution in [3.63, 3.8) is 0 Å². The van der Waals surface area contributed by atoms with Crippen LogP contribution in [0, 0.1) is 0 Å². The minimum atomic E-state index is -0.519. The molecule has 0 aliphatic heterocycles. The predicted octanol–water partition coefficient (Wildman–Crippen LogP) is 2.53. The number of methoxy groups -OCH3 is 1. The van der Waals surface area contributed by atoms with Gasteiger partial charge >= 0.3 is 5.97 Å². The second-order valence-electron chi connectivity index (χ2n) is 3.65. The molecule has 17 heavy (non-hydrogen) atoms. The molecule has 0 spiro atoms. The number of phenolic OH excluding ortho intramolecular Hbond substituents is 1. The SMILES string of the molecule is CCCc1cc(OCC)cc(O)c1C(=O)OC. The molecule has 0 aromatic heterocycles. The number of hydrogen-bond acceptors (Lipinski definition) is 4. The summed E-state index contributed by atoms with van der Waals surface area (Å²) in [5.74, 6) is -0.0404. The standard InChI is InChI=1S/C13H18O4/c1-4-6-9-7-10(17-5-2)8-11(14)12(9)13(15)16-3/h7-8,14H,4-6H2,1-3H3. The first-order valence-corrected chi connectivity index (χ1v) is 5.71. The Bertz CT molecular complexity index is 399. The minimum Gasteiger partial charge on any atom is -0.507 e. The number of esters is 1. The lowest BCUT2D eigenvalue weighted by Crippen LogP contribution is -2.07. The Morgan fingerprint density at radius 1 is 1.35 bits per heavy atom. The van der Waals surface area contributed by atoms with Crippen molar-refractivity contribution in [1.82, 2.24) is 0 Å². The number of hydrogen-bond donors (Lipinski definition) is 1. The molecule has 0 bridgehead atoms. The molecule has 4 heteroatoms. The quantitative estimate of drug-likeness (QED) is 0.801. The zero-order chi connectivity index (χ0) is 12.8. The Labute approximate surface area is 101 Å². The van der Waals surface area contributed by atoms with E-state index in [1.165, 1.54) is 13.2 Å². The van der Waals surface area contributed by atoms with Crippen molar-refractivity contribution in [1.29, 1.82) is 0 Å². The number of carbonyl (C=O) groups is 1. The molecule has 0 aliphatic rings. The molecule has 0 unspecified atom stereocenters. The first-order chi connectivity index (χ1) is 8.13. The molecule has 94 valence electrons. The Kier molecular flexibility index (Phi) is 4.82. The van der Waals surface area contributed by atoms with Crippen LogP contribution < -0.4 is 4.74 Å². The van der Waals surface area contributed by atoms with E-state index in [-0.39, 0.29) is 11.3 Å². The maximum Gasteiger partial charge on any atom is 0.341 e. The van der Waals surface area contributed by atoms with Crippen molar-refractivity contribution in [2.45, 2.75) is 26.7 Å². The van der Waals surface area contributed by atoms with Crippen molar-refractivity contribution in [3.8, 4) is 11.5 Å². The summed E-state index contributed by atoms with van der Waals surface area (Å²) >= 11 is 0. The van der Waals surface area contributed by atoms with E-state index in [1.807, 2.05) is 13.8 Å². The smallest absolute Gasteiger partial charge is 0.341 e. The number of aromatic hydroxyl groups is 1. The van der Waals surface area contributed by atoms with E-state index in [9.17, 15) is 9.90 Å². The highest BCUT2D eigenvalue weighted by Gasteiger charge is 2.18. The van der Waals surface area contributed by atoms with Gasteiger partial charge in [0.05, 0.1) is 13.7 Å². The van der Waals surface area contributed by atoms with Gasteiger partial charge in [0.25, 0.3) is 0 Å². The summed E-state index contributed by atoms with van der Waals surface area (Å²) in [4.78, 5) is 11.6. The van der Waals surface area contributed by atoms with Crippen LogP contribution in [-0.4, -0.2) is 24.8 Å². The molecular weight excluding hydrogens is 220 g/mol. The van der Waals surface area contributed by atoms with E-state index in [0.29, 0.717) is 18.8 Å². The van der Waals surface area contributed by atoms with Gasteiger partial charge in [-0.1, -0.05) is 13.3 Å². The van der Waals surface area contributed by atoms with Crippen LogP contribution in [0.2, 0.25) is 0 Å². The van der Waals surface area contributed by atoms with Crippen LogP contribution in [0.15, 0.2) is 12.1 Å². The molecule has 0 amide bonds. The van der Waals surface area contributed by atoms with Crippen LogP contribution in [0.4, 0.5) is 0 Å². The highest BCUT2D eigenvalue weighted by atomic mass is 16.5. The number of carbonyl (C=O) groups excluding carboxylic acids is 1. The minimum absolute atomic E-state index is 0.0914. The van der Waals surface area contributed by atoms with Gasteiger partial charge in [0.15, 0.2) is 0 Å². The topological polar surface area (TPSA) is 55.8 Å². The first-order valence-electron chi connectivity index (χ1n) is 5.71. The van der Waals surface area contributed by atoms with E-state index in [0.717, 1.165) is 12.0 Å². The van der Waals surface area contributed by atoms with Crippen molar-refractivity contribution in [2.75, 3.05) is 13.7 Å². The lowest BCUT2D eigenvalue weighted by molar-refractivity contribution is 0.0596. The molecular formula is C13H18O4. The molecule has 0 aliphatic carbocycles. The van der Waals surface area contributed by atoms with E-state index in [4.69, 9.17) is 4.74 Å². The molecule has 1 aromatic rings. The molecule has 0 atom stereocenters. The summed E-state index contributed by atoms with van der Waals surface area (Å²) < 4.78 is 9.99. The average molecular weight is 238 g/mol. The van der Waals surface area contributed by atoms with E-state index in [1.54, 1.807) is 6.07 Å². The largest absolute Gasteiger partial charge is 0.507 e. The van der Waals surface area contributed by atoms with E-state index in [2.05, 4.69) is 4.74 Å². The highest BCUT2D eigenvalue weighted by Crippen LogP contribution is 2.29. The van der Waals surface area contributed by atoms with Gasteiger partial charge in [-0.25, -0.2) is 4.79 Å². The Morgan fingerprint density at radius 2 is 2.06 bits per heavy atom. The molecule has 4 nitrogen and oxygen atoms in total. The summed E-state index contributed by atoms with van der Waals surface area (Å²) in [6.45, 7) is 4.39. The number of ether oxygens (including phenoxy) is 2. The third-order valence-corrected chi connectivity index (χ3v) is 2.39. The van der Waals surface area contributed by atoms with Crippen LogP contribution in [-0.2, 0) is 11.2 Å². The Morgan fingerprint density at radius 3 is 2.59 bits per heavy atom. The lowest BCUT2D eigenvalue weighted by Gasteiger charge is -2.12. The third-order valence-electron chi connectivity index (χ3n) is 2.39. The second-order valence-corrected chi connectivity index (χ2v) is 3.65. The van der Waals surface area contributed by atoms with E-state index >= 15 is 0 Å². The fourth-order valence-corrected chi connectivity index (χ4v) is 1.71. The fraction of sp³-hybridized carbons (Fsp3) is 0.462. The molecule has 1 N–H and O–H groups in total. The van der Waals surface area contributed by atoms with Crippen molar-refractivity contribution < 1.29 is 19.4 Å². The van der Waals surface area contributed by atoms with Gasteiger partial charge in [-0.3, -0.25) is 0 Å². The molecule has 0 saturated carbocycles. The summed E-state index contributed by atoms with van der Waals surface area (Å²) in [5, 5.41) is 9.85. The van der Waals surface area contributed by atoms with Crippen LogP contribution in [0.3, 0.4) is 0 Å². The predicted molar refractivity (Wildman–Crippen MR) is 64.6 cm³/mol. The van der Waals surface area contributed by atoms with Crippen LogP contribution in [0.1, 0.15) is 36.2 Å². The monoisotopic (exact) mass is 238 g/mol. The number of rotatable bonds is 5. The van der Waals surface area contributed by atoms with Crippen LogP contribution in [0.5, 0.6) is 11.5 Å². The maximum atomic E-state index is 11.6. The lowest BCUT2D eigenvalue weighted by atomic mass is 10.0. The zero-order valence-corrected chi connectivity index (χ0v) is 10.4. The first kappa shape index (κ1) is 13.4. The summed E-state index contributed by atoms with van der Waals surface area (Å²) in [6, 6.07) is 3.22. The average Bonchev–Trinajstić information content (AvgIpc) is 2.29. The summed E-state index contributed by atoms with van der Waals surface area (Å²) in [5.41, 5.74) is 0.987. The third kappa shape index (κ3) is 3.12. The van der Waals surface area contributed by atoms with Crippen LogP contribution in [0.25, 0.3) is 0 Å². The summed E-state index contributed by atoms with van der Waals surface area (Å²) in [6.07, 6.45) is 1.57. The van der Waals surface area contributed by atoms with Crippen molar-refractivity contribution in [3.05, 3.63) is 23.3 Å². The number of aryl methyl sites for hydroxylation is 1. The number of phenols is 1. The molecule has 0 fully saturated rings. The fourth-order valence-electron chi connectivity index (χ4n) is 1.71. The van der Waals surface area contributed by atoms with Gasteiger partial charge in [0, 0.05) is 6.07 Å². The molecule has 0 heterocycles. The highest BCUT2D eigenvalue weighted by molar-refractivity contribution is 5.94. The van der Waals surface area contributed by atoms with Crippen molar-refractivity contribution in [2.24, 2.45) is 0 Å². The molecule has 1 aromatic carbocycles. The zero-order valence-electron chi connectivity index (χ0n) is 10.4. The normalized spacial score (nSPS) is 10.1. The van der Waals surface area contributed by atoms with Crippen LogP contribution >= 0.6 is 0 Å². The van der Waals surface area contributed by atoms with E-state index < -0.39 is 5.97 Å². The van der Waals surface area contributed by atoms with Gasteiger partial charge in [-0.05, 0) is 25.0 Å². The number of benzene rings is 1. The molecule has 0 radical (unpaired) electrons. The Hall–Kier alpha value is -1.71. The second kappa shape index (κ2) is 6.13. The Balaban J connectivity index is 3.22. The van der Waals surface area contributed by atoms with Crippen molar-refractivity contribution >= 4 is 5.97 Å². The van der Waals surface area contributed by atoms with Gasteiger partial charge in [-0.2, -0.15) is 0 Å². The van der Waals surface area contributed by atoms with Gasteiger partial charge in [0.1, 0.15) is 17.1 Å². The van der Waals surface area contributed by atoms with Gasteiger partial charge < -0.3 is 14.6 Å². The summed E-state index contributed by atoms with van der Waals surface area (Å²) in [7, 11) is 1.30. The van der Waals surface area contributed by atoms with Gasteiger partial charge in [-0.15, -0.1) is 0 Å². The maximum absolute atomic E-state index is 11.6.